The summed E-state index contributed by atoms with van der Waals surface area (Å²) in [6.07, 6.45) is 0.0415. The van der Waals surface area contributed by atoms with E-state index in [4.69, 9.17) is 4.74 Å². The van der Waals surface area contributed by atoms with Gasteiger partial charge in [0.1, 0.15) is 17.7 Å². The summed E-state index contributed by atoms with van der Waals surface area (Å²) in [4.78, 5) is 59.3. The van der Waals surface area contributed by atoms with Crippen molar-refractivity contribution in [2.24, 2.45) is 0 Å². The van der Waals surface area contributed by atoms with Crippen molar-refractivity contribution in [1.29, 1.82) is 0 Å². The van der Waals surface area contributed by atoms with Crippen LogP contribution in [0.1, 0.15) is 47.8 Å². The average molecular weight is 680 g/mol. The molecule has 0 heterocycles. The van der Waals surface area contributed by atoms with Crippen LogP contribution in [0.5, 0.6) is 0 Å². The number of nitrogens with one attached hydrogen (secondary N) is 1. The van der Waals surface area contributed by atoms with Crippen LogP contribution in [0.4, 0.5) is 4.79 Å². The van der Waals surface area contributed by atoms with E-state index in [1.165, 1.54) is 14.7 Å². The van der Waals surface area contributed by atoms with Gasteiger partial charge in [-0.25, -0.2) is 9.80 Å². The monoisotopic (exact) mass is 679 g/mol. The molecule has 0 saturated heterocycles. The summed E-state index contributed by atoms with van der Waals surface area (Å²) in [6.45, 7) is 5.64. The van der Waals surface area contributed by atoms with E-state index < -0.39 is 23.8 Å². The fourth-order valence-electron chi connectivity index (χ4n) is 5.73. The second kappa shape index (κ2) is 16.5. The average Bonchev–Trinajstić information content (AvgIpc) is 3.07. The Morgan fingerprint density at radius 3 is 1.94 bits per heavy atom. The number of fused-ring (bicyclic) bond motifs is 1. The molecule has 50 heavy (non-hydrogen) atoms. The Hall–Kier alpha value is -5.22. The Morgan fingerprint density at radius 2 is 1.28 bits per heavy atom. The number of hydrogen-bond acceptors (Lipinski definition) is 6. The van der Waals surface area contributed by atoms with Crippen LogP contribution in [0.25, 0.3) is 10.8 Å². The molecule has 0 aromatic heterocycles. The zero-order chi connectivity index (χ0) is 36.6. The molecule has 10 nitrogen and oxygen atoms in total. The van der Waals surface area contributed by atoms with Crippen LogP contribution in [0.15, 0.2) is 97.1 Å². The van der Waals surface area contributed by atoms with E-state index in [0.29, 0.717) is 5.56 Å². The molecule has 2 unspecified atom stereocenters. The van der Waals surface area contributed by atoms with E-state index in [-0.39, 0.29) is 37.1 Å². The van der Waals surface area contributed by atoms with Crippen LogP contribution in [-0.2, 0) is 33.7 Å². The molecule has 4 rings (SSSR count). The molecule has 0 bridgehead atoms. The quantitative estimate of drug-likeness (QED) is 0.197. The first-order valence-corrected chi connectivity index (χ1v) is 16.7. The van der Waals surface area contributed by atoms with Crippen molar-refractivity contribution in [1.82, 2.24) is 25.1 Å². The van der Waals surface area contributed by atoms with E-state index in [0.717, 1.165) is 27.5 Å². The van der Waals surface area contributed by atoms with Gasteiger partial charge in [0, 0.05) is 60.2 Å². The van der Waals surface area contributed by atoms with Gasteiger partial charge in [-0.15, -0.1) is 0 Å². The van der Waals surface area contributed by atoms with Crippen molar-refractivity contribution in [2.45, 2.75) is 57.8 Å². The number of likely N-dealkylation sites (N-methyl/N-ethyl adjacent to an activating group) is 2. The van der Waals surface area contributed by atoms with Crippen LogP contribution < -0.4 is 5.43 Å². The third-order valence-corrected chi connectivity index (χ3v) is 8.34. The molecule has 0 aliphatic heterocycles. The normalized spacial score (nSPS) is 12.6. The molecule has 0 aliphatic carbocycles. The predicted octanol–water partition coefficient (Wildman–Crippen LogP) is 5.55. The number of nitrogens with zero attached hydrogens (tertiary/aromatic N) is 4. The minimum atomic E-state index is -0.938. The Bertz CT molecular complexity index is 1800. The molecule has 0 spiro atoms. The zero-order valence-corrected chi connectivity index (χ0v) is 30.3. The molecule has 4 amide bonds. The smallest absolute Gasteiger partial charge is 0.410 e. The largest absolute Gasteiger partial charge is 0.444 e. The number of carbonyl (C=O) groups excluding carboxylic acids is 4. The van der Waals surface area contributed by atoms with Crippen molar-refractivity contribution in [3.05, 3.63) is 119 Å². The minimum Gasteiger partial charge on any atom is -0.444 e. The zero-order valence-electron chi connectivity index (χ0n) is 30.3. The van der Waals surface area contributed by atoms with E-state index in [9.17, 15) is 19.2 Å². The van der Waals surface area contributed by atoms with Gasteiger partial charge in [0.2, 0.25) is 5.91 Å². The number of hydrogen-bond donors (Lipinski definition) is 1. The van der Waals surface area contributed by atoms with Crippen molar-refractivity contribution < 1.29 is 23.9 Å². The second-order valence-corrected chi connectivity index (χ2v) is 13.9. The van der Waals surface area contributed by atoms with Gasteiger partial charge >= 0.3 is 6.09 Å². The molecule has 4 aromatic carbocycles. The lowest BCUT2D eigenvalue weighted by Gasteiger charge is -2.35. The molecule has 1 N–H and O–H groups in total. The van der Waals surface area contributed by atoms with Gasteiger partial charge in [0.05, 0.1) is 0 Å². The third kappa shape index (κ3) is 10.1. The summed E-state index contributed by atoms with van der Waals surface area (Å²) in [6, 6.07) is 28.7. The van der Waals surface area contributed by atoms with Crippen LogP contribution in [0.2, 0.25) is 0 Å². The van der Waals surface area contributed by atoms with Crippen molar-refractivity contribution in [2.75, 3.05) is 35.2 Å². The number of carbonyl (C=O) groups is 4. The highest BCUT2D eigenvalue weighted by Crippen LogP contribution is 2.22. The summed E-state index contributed by atoms with van der Waals surface area (Å²) < 4.78 is 5.48. The lowest BCUT2D eigenvalue weighted by molar-refractivity contribution is -0.143. The van der Waals surface area contributed by atoms with Crippen molar-refractivity contribution in [3.8, 4) is 0 Å². The molecule has 0 saturated carbocycles. The fraction of sp³-hybridized carbons (Fsp3) is 0.350. The van der Waals surface area contributed by atoms with Gasteiger partial charge in [-0.2, -0.15) is 0 Å². The number of ether oxygens (including phenoxy) is 1. The Labute approximate surface area is 295 Å². The summed E-state index contributed by atoms with van der Waals surface area (Å²) >= 11 is 0. The third-order valence-electron chi connectivity index (χ3n) is 8.34. The van der Waals surface area contributed by atoms with Gasteiger partial charge < -0.3 is 19.4 Å². The molecule has 264 valence electrons. The van der Waals surface area contributed by atoms with Gasteiger partial charge in [-0.1, -0.05) is 84.9 Å². The lowest BCUT2D eigenvalue weighted by atomic mass is 9.98. The second-order valence-electron chi connectivity index (χ2n) is 13.9. The molecule has 0 fully saturated rings. The SMILES string of the molecule is CN(C)NC(=O)C(Cc1ccccc1)N(C)C(=O)C(Cc1ccc2ccccc2c1)N(C)C(=O)c1cccc(CN(C)C(=O)OC(C)(C)C)c1. The number of amides is 4. The fourth-order valence-corrected chi connectivity index (χ4v) is 5.73. The lowest BCUT2D eigenvalue weighted by Crippen LogP contribution is -2.57. The molecule has 10 heteroatoms. The highest BCUT2D eigenvalue weighted by Gasteiger charge is 2.36. The van der Waals surface area contributed by atoms with Crippen LogP contribution in [0.3, 0.4) is 0 Å². The molecular formula is C40H49N5O5. The van der Waals surface area contributed by atoms with Crippen molar-refractivity contribution >= 4 is 34.6 Å². The summed E-state index contributed by atoms with van der Waals surface area (Å²) in [5, 5.41) is 3.64. The maximum atomic E-state index is 14.6. The first-order chi connectivity index (χ1) is 23.6. The van der Waals surface area contributed by atoms with E-state index in [2.05, 4.69) is 5.43 Å². The summed E-state index contributed by atoms with van der Waals surface area (Å²) in [5.41, 5.74) is 5.04. The minimum absolute atomic E-state index is 0.226. The highest BCUT2D eigenvalue weighted by molar-refractivity contribution is 5.98. The Kier molecular flexibility index (Phi) is 12.4. The maximum absolute atomic E-state index is 14.6. The summed E-state index contributed by atoms with van der Waals surface area (Å²) in [7, 11) is 8.30. The number of hydrazine groups is 1. The first kappa shape index (κ1) is 37.6. The van der Waals surface area contributed by atoms with Crippen molar-refractivity contribution in [3.63, 3.8) is 0 Å². The van der Waals surface area contributed by atoms with Gasteiger partial charge in [-0.3, -0.25) is 19.8 Å². The first-order valence-electron chi connectivity index (χ1n) is 16.7. The number of benzene rings is 4. The van der Waals surface area contributed by atoms with E-state index in [1.807, 2.05) is 78.9 Å². The van der Waals surface area contributed by atoms with Gasteiger partial charge in [-0.05, 0) is 60.4 Å². The Morgan fingerprint density at radius 1 is 0.660 bits per heavy atom. The topological polar surface area (TPSA) is 103 Å². The Balaban J connectivity index is 1.66. The van der Waals surface area contributed by atoms with Crippen LogP contribution in [-0.4, -0.2) is 96.4 Å². The molecular weight excluding hydrogens is 630 g/mol. The molecule has 0 aliphatic rings. The predicted molar refractivity (Wildman–Crippen MR) is 196 cm³/mol. The van der Waals surface area contributed by atoms with E-state index >= 15 is 0 Å². The van der Waals surface area contributed by atoms with Crippen LogP contribution in [0, 0.1) is 0 Å². The standard InChI is InChI=1S/C40H49N5O5/c1-40(2,3)50-39(49)43(6)27-30-17-14-20-33(24-30)37(47)45(8)35(26-29-21-22-31-18-12-13-19-32(31)23-29)38(48)44(7)34(36(46)41-42(4)5)25-28-15-10-9-11-16-28/h9-24,34-35H,25-27H2,1-8H3,(H,41,46). The van der Waals surface area contributed by atoms with E-state index in [1.54, 1.807) is 79.2 Å². The van der Waals surface area contributed by atoms with Crippen LogP contribution >= 0.6 is 0 Å². The van der Waals surface area contributed by atoms with Gasteiger partial charge in [0.15, 0.2) is 0 Å². The molecule has 4 aromatic rings. The van der Waals surface area contributed by atoms with Gasteiger partial charge in [0.25, 0.3) is 11.8 Å². The maximum Gasteiger partial charge on any atom is 0.410 e. The highest BCUT2D eigenvalue weighted by atomic mass is 16.6. The molecule has 0 radical (unpaired) electrons. The molecule has 2 atom stereocenters. The number of rotatable bonds is 12. The summed E-state index contributed by atoms with van der Waals surface area (Å²) in [5.74, 6) is -1.07.